The lowest BCUT2D eigenvalue weighted by Crippen LogP contribution is -2.26. The number of benzene rings is 9. The lowest BCUT2D eigenvalue weighted by molar-refractivity contribution is 0.796. The van der Waals surface area contributed by atoms with E-state index in [1.165, 1.54) is 114 Å². The minimum absolute atomic E-state index is 0.388. The van der Waals surface area contributed by atoms with E-state index in [2.05, 4.69) is 180 Å². The zero-order valence-electron chi connectivity index (χ0n) is 28.6. The lowest BCUT2D eigenvalue weighted by Gasteiger charge is -2.31. The molecule has 0 bridgehead atoms. The van der Waals surface area contributed by atoms with Gasteiger partial charge in [0.25, 0.3) is 0 Å². The maximum Gasteiger partial charge on any atom is 0.0726 e. The smallest absolute Gasteiger partial charge is 0.0726 e. The van der Waals surface area contributed by atoms with E-state index in [-0.39, 0.29) is 5.41 Å². The van der Waals surface area contributed by atoms with E-state index in [0.717, 1.165) is 0 Å². The molecule has 9 aromatic carbocycles. The zero-order valence-corrected chi connectivity index (χ0v) is 29.4. The molecule has 0 fully saturated rings. The molecule has 2 aliphatic carbocycles. The van der Waals surface area contributed by atoms with Gasteiger partial charge in [0, 0.05) is 36.6 Å². The van der Waals surface area contributed by atoms with Crippen LogP contribution in [0.15, 0.2) is 176 Å². The van der Waals surface area contributed by atoms with Crippen molar-refractivity contribution in [3.63, 3.8) is 0 Å². The topological polar surface area (TPSA) is 4.93 Å². The van der Waals surface area contributed by atoms with Crippen LogP contribution in [0.25, 0.3) is 91.5 Å². The number of fused-ring (bicyclic) bond motifs is 13. The monoisotopic (exact) mass is 687 g/mol. The fraction of sp³-hybridized carbons (Fsp3) is 0.0196. The largest absolute Gasteiger partial charge is 0.309 e. The van der Waals surface area contributed by atoms with Gasteiger partial charge in [0.1, 0.15) is 0 Å². The second-order valence-corrected chi connectivity index (χ2v) is 15.9. The van der Waals surface area contributed by atoms with Crippen molar-refractivity contribution in [3.05, 3.63) is 198 Å². The van der Waals surface area contributed by atoms with Gasteiger partial charge >= 0.3 is 0 Å². The molecule has 0 amide bonds. The number of aromatic nitrogens is 1. The highest BCUT2D eigenvalue weighted by molar-refractivity contribution is 7.25. The molecule has 0 radical (unpaired) electrons. The Labute approximate surface area is 309 Å². The molecule has 11 aromatic rings. The predicted molar refractivity (Wildman–Crippen MR) is 225 cm³/mol. The maximum atomic E-state index is 2.51. The van der Waals surface area contributed by atoms with E-state index in [0.29, 0.717) is 0 Å². The van der Waals surface area contributed by atoms with E-state index >= 15 is 0 Å². The van der Waals surface area contributed by atoms with Gasteiger partial charge in [-0.05, 0) is 115 Å². The Bertz CT molecular complexity index is 3350. The number of hydrogen-bond acceptors (Lipinski definition) is 1. The van der Waals surface area contributed by atoms with Gasteiger partial charge in [-0.25, -0.2) is 0 Å². The Kier molecular flexibility index (Phi) is 5.25. The molecule has 53 heavy (non-hydrogen) atoms. The number of para-hydroxylation sites is 1. The third-order valence-electron chi connectivity index (χ3n) is 12.4. The summed E-state index contributed by atoms with van der Waals surface area (Å²) in [5.74, 6) is 0. The molecule has 0 unspecified atom stereocenters. The molecule has 244 valence electrons. The molecule has 0 saturated carbocycles. The number of nitrogens with zero attached hydrogens (tertiary/aromatic N) is 1. The third-order valence-corrected chi connectivity index (χ3v) is 13.5. The van der Waals surface area contributed by atoms with Gasteiger partial charge in [-0.2, -0.15) is 0 Å². The molecule has 2 aromatic heterocycles. The summed E-state index contributed by atoms with van der Waals surface area (Å²) in [6, 6.07) is 66.5. The average molecular weight is 688 g/mol. The van der Waals surface area contributed by atoms with Crippen molar-refractivity contribution >= 4 is 74.9 Å². The molecule has 1 nitrogen and oxygen atoms in total. The first-order valence-corrected chi connectivity index (χ1v) is 19.2. The summed E-state index contributed by atoms with van der Waals surface area (Å²) in [4.78, 5) is 0. The summed E-state index contributed by atoms with van der Waals surface area (Å²) in [5.41, 5.74) is 13.9. The van der Waals surface area contributed by atoms with Gasteiger partial charge in [0.15, 0.2) is 0 Å². The first kappa shape index (κ1) is 28.1. The SMILES string of the molecule is c1ccc2c(c1)-c1ccc(-n3c4ccccc4c4cc(-c5ccc6sc7ccccc7c6c5)ccc43)cc1C21c2cccc3ccc4cccc1c4c23. The van der Waals surface area contributed by atoms with Gasteiger partial charge in [-0.1, -0.05) is 127 Å². The van der Waals surface area contributed by atoms with Crippen LogP contribution in [0.3, 0.4) is 0 Å². The van der Waals surface area contributed by atoms with E-state index in [9.17, 15) is 0 Å². The van der Waals surface area contributed by atoms with Crippen molar-refractivity contribution in [3.8, 4) is 27.9 Å². The number of thiophene rings is 1. The van der Waals surface area contributed by atoms with Crippen LogP contribution in [0.5, 0.6) is 0 Å². The molecule has 2 heteroatoms. The highest BCUT2D eigenvalue weighted by Gasteiger charge is 2.50. The molecule has 0 saturated heterocycles. The van der Waals surface area contributed by atoms with Gasteiger partial charge < -0.3 is 4.57 Å². The van der Waals surface area contributed by atoms with E-state index in [4.69, 9.17) is 0 Å². The first-order valence-electron chi connectivity index (χ1n) is 18.4. The summed E-state index contributed by atoms with van der Waals surface area (Å²) in [6.45, 7) is 0. The van der Waals surface area contributed by atoms with Crippen molar-refractivity contribution in [1.29, 1.82) is 0 Å². The Hall–Kier alpha value is -6.48. The van der Waals surface area contributed by atoms with Gasteiger partial charge in [0.05, 0.1) is 16.4 Å². The first-order chi connectivity index (χ1) is 26.3. The van der Waals surface area contributed by atoms with Crippen molar-refractivity contribution < 1.29 is 0 Å². The number of rotatable bonds is 2. The quantitative estimate of drug-likeness (QED) is 0.159. The molecule has 1 spiro atoms. The standard InChI is InChI=1S/C51H29NS/c1-4-14-41-35(11-1)36-24-23-34(29-44(36)51(41)42-15-7-9-30-19-20-31-10-8-16-43(51)50(31)49(30)42)52-45-17-5-2-12-37(45)39-27-32(21-25-46(39)52)33-22-26-48-40(28-33)38-13-3-6-18-47(38)53-48/h1-29H. The Morgan fingerprint density at radius 1 is 0.377 bits per heavy atom. The molecule has 0 N–H and O–H groups in total. The van der Waals surface area contributed by atoms with Gasteiger partial charge in [-0.15, -0.1) is 11.3 Å². The summed E-state index contributed by atoms with van der Waals surface area (Å²) >= 11 is 1.87. The summed E-state index contributed by atoms with van der Waals surface area (Å²) < 4.78 is 5.17. The summed E-state index contributed by atoms with van der Waals surface area (Å²) in [7, 11) is 0. The average Bonchev–Trinajstić information content (AvgIpc) is 3.93. The normalized spacial score (nSPS) is 13.8. The maximum absolute atomic E-state index is 2.51. The van der Waals surface area contributed by atoms with Crippen molar-refractivity contribution in [2.75, 3.05) is 0 Å². The van der Waals surface area contributed by atoms with E-state index in [1.807, 2.05) is 11.3 Å². The highest BCUT2D eigenvalue weighted by atomic mass is 32.1. The summed E-state index contributed by atoms with van der Waals surface area (Å²) in [5, 5.41) is 10.6. The van der Waals surface area contributed by atoms with Crippen LogP contribution in [-0.2, 0) is 5.41 Å². The van der Waals surface area contributed by atoms with Gasteiger partial charge in [0.2, 0.25) is 0 Å². The van der Waals surface area contributed by atoms with Crippen LogP contribution in [0, 0.1) is 0 Å². The Morgan fingerprint density at radius 3 is 1.83 bits per heavy atom. The van der Waals surface area contributed by atoms with Crippen molar-refractivity contribution in [2.45, 2.75) is 5.41 Å². The van der Waals surface area contributed by atoms with Crippen LogP contribution in [0.1, 0.15) is 22.3 Å². The van der Waals surface area contributed by atoms with Crippen LogP contribution in [-0.4, -0.2) is 4.57 Å². The van der Waals surface area contributed by atoms with Crippen molar-refractivity contribution in [1.82, 2.24) is 4.57 Å². The van der Waals surface area contributed by atoms with Gasteiger partial charge in [-0.3, -0.25) is 0 Å². The molecule has 2 aliphatic rings. The van der Waals surface area contributed by atoms with Crippen LogP contribution in [0.2, 0.25) is 0 Å². The van der Waals surface area contributed by atoms with E-state index < -0.39 is 0 Å². The number of hydrogen-bond donors (Lipinski definition) is 0. The lowest BCUT2D eigenvalue weighted by atomic mass is 9.70. The predicted octanol–water partition coefficient (Wildman–Crippen LogP) is 13.8. The second kappa shape index (κ2) is 9.89. The third kappa shape index (κ3) is 3.43. The second-order valence-electron chi connectivity index (χ2n) is 14.8. The van der Waals surface area contributed by atoms with Crippen LogP contribution < -0.4 is 0 Å². The minimum Gasteiger partial charge on any atom is -0.309 e. The van der Waals surface area contributed by atoms with Crippen molar-refractivity contribution in [2.24, 2.45) is 0 Å². The minimum atomic E-state index is -0.388. The van der Waals surface area contributed by atoms with E-state index in [1.54, 1.807) is 0 Å². The molecular weight excluding hydrogens is 659 g/mol. The molecule has 0 atom stereocenters. The Balaban J connectivity index is 1.06. The molecule has 0 aliphatic heterocycles. The van der Waals surface area contributed by atoms with Crippen LogP contribution >= 0.6 is 11.3 Å². The molecule has 13 rings (SSSR count). The zero-order chi connectivity index (χ0) is 34.4. The van der Waals surface area contributed by atoms with Crippen LogP contribution in [0.4, 0.5) is 0 Å². The summed E-state index contributed by atoms with van der Waals surface area (Å²) in [6.07, 6.45) is 0. The molecular formula is C51H29NS. The highest BCUT2D eigenvalue weighted by Crippen LogP contribution is 2.62. The molecule has 2 heterocycles. The Morgan fingerprint density at radius 2 is 1.00 bits per heavy atom. The fourth-order valence-corrected chi connectivity index (χ4v) is 11.3. The fourth-order valence-electron chi connectivity index (χ4n) is 10.2.